The molecule has 1 fully saturated rings. The highest BCUT2D eigenvalue weighted by atomic mass is 14.3. The summed E-state index contributed by atoms with van der Waals surface area (Å²) in [6, 6.07) is 2.15. The van der Waals surface area contributed by atoms with Crippen molar-refractivity contribution >= 4 is 0 Å². The van der Waals surface area contributed by atoms with Crippen LogP contribution in [-0.4, -0.2) is 0 Å². The smallest absolute Gasteiger partial charge is 0.0911 e. The highest BCUT2D eigenvalue weighted by Gasteiger charge is 2.27. The molecule has 1 unspecified atom stereocenters. The van der Waals surface area contributed by atoms with E-state index in [1.807, 2.05) is 0 Å². The van der Waals surface area contributed by atoms with E-state index in [0.717, 1.165) is 18.8 Å². The molecule has 0 saturated heterocycles. The summed E-state index contributed by atoms with van der Waals surface area (Å²) in [5.74, 6) is 0.765. The van der Waals surface area contributed by atoms with Crippen LogP contribution in [0.3, 0.4) is 0 Å². The minimum atomic E-state index is 0.398. The van der Waals surface area contributed by atoms with E-state index in [4.69, 9.17) is 5.26 Å². The van der Waals surface area contributed by atoms with Gasteiger partial charge in [0.1, 0.15) is 0 Å². The average molecular weight is 177 g/mol. The first kappa shape index (κ1) is 10.3. The summed E-state index contributed by atoms with van der Waals surface area (Å²) in [5.41, 5.74) is 1.75. The van der Waals surface area contributed by atoms with E-state index in [9.17, 15) is 0 Å². The second-order valence-electron chi connectivity index (χ2n) is 5.09. The van der Waals surface area contributed by atoms with Crippen molar-refractivity contribution in [3.8, 4) is 6.07 Å². The van der Waals surface area contributed by atoms with Crippen molar-refractivity contribution in [3.63, 3.8) is 0 Å². The van der Waals surface area contributed by atoms with Gasteiger partial charge >= 0.3 is 0 Å². The lowest BCUT2D eigenvalue weighted by atomic mass is 9.71. The normalized spacial score (nSPS) is 27.2. The van der Waals surface area contributed by atoms with Crippen LogP contribution in [0.2, 0.25) is 0 Å². The summed E-state index contributed by atoms with van der Waals surface area (Å²) in [7, 11) is 0. The van der Waals surface area contributed by atoms with Gasteiger partial charge in [-0.15, -0.1) is 0 Å². The zero-order valence-electron chi connectivity index (χ0n) is 8.93. The number of hydrogen-bond donors (Lipinski definition) is 0. The molecule has 1 aliphatic rings. The molecule has 1 heteroatoms. The van der Waals surface area contributed by atoms with Crippen LogP contribution >= 0.6 is 0 Å². The quantitative estimate of drug-likeness (QED) is 0.518. The van der Waals surface area contributed by atoms with E-state index in [1.165, 1.54) is 18.4 Å². The molecule has 0 spiro atoms. The predicted octanol–water partition coefficient (Wildman–Crippen LogP) is 3.67. The summed E-state index contributed by atoms with van der Waals surface area (Å²) >= 11 is 0. The van der Waals surface area contributed by atoms with Crippen LogP contribution in [0.4, 0.5) is 0 Å². The second-order valence-corrected chi connectivity index (χ2v) is 5.09. The fourth-order valence-corrected chi connectivity index (χ4v) is 2.06. The molecule has 1 atom stereocenters. The van der Waals surface area contributed by atoms with Gasteiger partial charge in [0.15, 0.2) is 0 Å². The topological polar surface area (TPSA) is 23.8 Å². The Hall–Kier alpha value is -0.770. The largest absolute Gasteiger partial charge is 0.193 e. The maximum Gasteiger partial charge on any atom is 0.0911 e. The molecule has 72 valence electrons. The van der Waals surface area contributed by atoms with Crippen molar-refractivity contribution in [3.05, 3.63) is 11.6 Å². The summed E-state index contributed by atoms with van der Waals surface area (Å²) in [4.78, 5) is 0. The molecule has 0 aromatic rings. The van der Waals surface area contributed by atoms with E-state index < -0.39 is 0 Å². The highest BCUT2D eigenvalue weighted by Crippen LogP contribution is 2.39. The maximum atomic E-state index is 8.58. The zero-order chi connectivity index (χ0) is 9.90. The first-order valence-corrected chi connectivity index (χ1v) is 5.11. The van der Waals surface area contributed by atoms with Gasteiger partial charge in [0.05, 0.1) is 6.07 Å². The van der Waals surface area contributed by atoms with Gasteiger partial charge < -0.3 is 0 Å². The summed E-state index contributed by atoms with van der Waals surface area (Å²) < 4.78 is 0. The van der Waals surface area contributed by atoms with Crippen LogP contribution in [0, 0.1) is 22.7 Å². The van der Waals surface area contributed by atoms with E-state index in [-0.39, 0.29) is 0 Å². The van der Waals surface area contributed by atoms with Gasteiger partial charge in [-0.3, -0.25) is 0 Å². The standard InChI is InChI=1S/C12H19N/c1-12(2,3)11-6-4-5-10(9-11)7-8-13/h7,11H,4-6,9H2,1-3H3/b10-7-. The van der Waals surface area contributed by atoms with Crippen molar-refractivity contribution in [2.24, 2.45) is 11.3 Å². The van der Waals surface area contributed by atoms with Crippen LogP contribution < -0.4 is 0 Å². The number of nitriles is 1. The van der Waals surface area contributed by atoms with Crippen LogP contribution in [0.25, 0.3) is 0 Å². The molecule has 1 saturated carbocycles. The summed E-state index contributed by atoms with van der Waals surface area (Å²) in [6.45, 7) is 6.90. The molecule has 1 aliphatic carbocycles. The number of rotatable bonds is 0. The molecule has 1 rings (SSSR count). The molecule has 0 aromatic carbocycles. The molecular weight excluding hydrogens is 158 g/mol. The van der Waals surface area contributed by atoms with Crippen molar-refractivity contribution in [1.29, 1.82) is 5.26 Å². The Morgan fingerprint density at radius 3 is 2.69 bits per heavy atom. The van der Waals surface area contributed by atoms with Gasteiger partial charge in [0, 0.05) is 6.08 Å². The molecule has 0 radical (unpaired) electrons. The van der Waals surface area contributed by atoms with E-state index in [0.29, 0.717) is 5.41 Å². The number of nitrogens with zero attached hydrogens (tertiary/aromatic N) is 1. The Morgan fingerprint density at radius 1 is 1.46 bits per heavy atom. The van der Waals surface area contributed by atoms with Crippen molar-refractivity contribution in [1.82, 2.24) is 0 Å². The lowest BCUT2D eigenvalue weighted by Crippen LogP contribution is -2.23. The van der Waals surface area contributed by atoms with E-state index in [2.05, 4.69) is 26.8 Å². The van der Waals surface area contributed by atoms with Gasteiger partial charge in [-0.25, -0.2) is 0 Å². The monoisotopic (exact) mass is 177 g/mol. The molecule has 0 amide bonds. The lowest BCUT2D eigenvalue weighted by molar-refractivity contribution is 0.204. The zero-order valence-corrected chi connectivity index (χ0v) is 8.93. The third-order valence-corrected chi connectivity index (χ3v) is 3.05. The average Bonchev–Trinajstić information content (AvgIpc) is 2.04. The molecule has 0 N–H and O–H groups in total. The van der Waals surface area contributed by atoms with Gasteiger partial charge in [-0.05, 0) is 37.0 Å². The fraction of sp³-hybridized carbons (Fsp3) is 0.750. The van der Waals surface area contributed by atoms with Crippen molar-refractivity contribution in [2.45, 2.75) is 46.5 Å². The third kappa shape index (κ3) is 2.88. The summed E-state index contributed by atoms with van der Waals surface area (Å²) in [6.07, 6.45) is 6.61. The molecule has 0 heterocycles. The number of hydrogen-bond acceptors (Lipinski definition) is 1. The molecule has 0 bridgehead atoms. The van der Waals surface area contributed by atoms with E-state index >= 15 is 0 Å². The second kappa shape index (κ2) is 3.96. The van der Waals surface area contributed by atoms with Gasteiger partial charge in [0.2, 0.25) is 0 Å². The minimum Gasteiger partial charge on any atom is -0.193 e. The Kier molecular flexibility index (Phi) is 3.14. The van der Waals surface area contributed by atoms with Crippen LogP contribution in [0.1, 0.15) is 46.5 Å². The Labute approximate surface area is 81.5 Å². The molecule has 0 aromatic heterocycles. The van der Waals surface area contributed by atoms with E-state index in [1.54, 1.807) is 6.08 Å². The van der Waals surface area contributed by atoms with Gasteiger partial charge in [-0.1, -0.05) is 26.3 Å². The van der Waals surface area contributed by atoms with Crippen molar-refractivity contribution < 1.29 is 0 Å². The molecular formula is C12H19N. The number of allylic oxidation sites excluding steroid dienone is 2. The Morgan fingerprint density at radius 2 is 2.15 bits per heavy atom. The first-order valence-electron chi connectivity index (χ1n) is 5.11. The molecule has 1 nitrogen and oxygen atoms in total. The Balaban J connectivity index is 2.63. The molecule has 13 heavy (non-hydrogen) atoms. The highest BCUT2D eigenvalue weighted by molar-refractivity contribution is 5.16. The van der Waals surface area contributed by atoms with Crippen LogP contribution in [0.15, 0.2) is 11.6 Å². The van der Waals surface area contributed by atoms with Gasteiger partial charge in [-0.2, -0.15) is 5.26 Å². The third-order valence-electron chi connectivity index (χ3n) is 3.05. The maximum absolute atomic E-state index is 8.58. The van der Waals surface area contributed by atoms with Crippen LogP contribution in [0.5, 0.6) is 0 Å². The van der Waals surface area contributed by atoms with Crippen molar-refractivity contribution in [2.75, 3.05) is 0 Å². The first-order chi connectivity index (χ1) is 6.04. The minimum absolute atomic E-state index is 0.398. The fourth-order valence-electron chi connectivity index (χ4n) is 2.06. The Bertz CT molecular complexity index is 237. The predicted molar refractivity (Wildman–Crippen MR) is 55.1 cm³/mol. The van der Waals surface area contributed by atoms with Crippen LogP contribution in [-0.2, 0) is 0 Å². The summed E-state index contributed by atoms with van der Waals surface area (Å²) in [5, 5.41) is 8.58. The van der Waals surface area contributed by atoms with Gasteiger partial charge in [0.25, 0.3) is 0 Å². The molecule has 0 aliphatic heterocycles. The lowest BCUT2D eigenvalue weighted by Gasteiger charge is -2.34. The SMILES string of the molecule is CC(C)(C)C1CCC/C(=C/C#N)C1.